The normalized spacial score (nSPS) is 12.4. The van der Waals surface area contributed by atoms with Gasteiger partial charge in [-0.2, -0.15) is 0 Å². The molecule has 3 heteroatoms. The van der Waals surface area contributed by atoms with Crippen molar-refractivity contribution in [1.29, 1.82) is 0 Å². The largest absolute Gasteiger partial charge is 0.309 e. The van der Waals surface area contributed by atoms with Crippen LogP contribution in [-0.2, 0) is 0 Å². The van der Waals surface area contributed by atoms with Gasteiger partial charge in [-0.25, -0.2) is 0 Å². The first-order valence-corrected chi connectivity index (χ1v) is 6.34. The van der Waals surface area contributed by atoms with Gasteiger partial charge in [0.05, 0.1) is 6.04 Å². The summed E-state index contributed by atoms with van der Waals surface area (Å²) in [7, 11) is 1.95. The zero-order chi connectivity index (χ0) is 13.1. The molecule has 1 aromatic heterocycles. The number of pyridine rings is 1. The van der Waals surface area contributed by atoms with Crippen LogP contribution in [0.1, 0.15) is 28.3 Å². The third-order valence-corrected chi connectivity index (χ3v) is 3.30. The molecule has 2 nitrogen and oxygen atoms in total. The molecule has 0 bridgehead atoms. The summed E-state index contributed by atoms with van der Waals surface area (Å²) in [6.07, 6.45) is 3.72. The van der Waals surface area contributed by atoms with Gasteiger partial charge in [-0.15, -0.1) is 0 Å². The number of hydrogen-bond acceptors (Lipinski definition) is 2. The first kappa shape index (κ1) is 13.1. The van der Waals surface area contributed by atoms with Crippen LogP contribution in [0.2, 0.25) is 5.02 Å². The van der Waals surface area contributed by atoms with E-state index < -0.39 is 0 Å². The number of nitrogens with one attached hydrogen (secondary N) is 1. The molecule has 0 saturated carbocycles. The molecule has 1 aromatic carbocycles. The van der Waals surface area contributed by atoms with Crippen molar-refractivity contribution in [2.75, 3.05) is 7.05 Å². The molecule has 1 N–H and O–H groups in total. The molecule has 0 saturated heterocycles. The van der Waals surface area contributed by atoms with Crippen molar-refractivity contribution in [3.8, 4) is 0 Å². The minimum atomic E-state index is 0.121. The Kier molecular flexibility index (Phi) is 4.00. The molecule has 18 heavy (non-hydrogen) atoms. The van der Waals surface area contributed by atoms with Gasteiger partial charge in [0, 0.05) is 17.4 Å². The monoisotopic (exact) mass is 260 g/mol. The summed E-state index contributed by atoms with van der Waals surface area (Å²) in [4.78, 5) is 4.21. The number of aryl methyl sites for hydroxylation is 2. The Bertz CT molecular complexity index is 532. The van der Waals surface area contributed by atoms with Gasteiger partial charge >= 0.3 is 0 Å². The maximum absolute atomic E-state index is 6.14. The fraction of sp³-hybridized carbons (Fsp3) is 0.267. The van der Waals surface area contributed by atoms with Crippen molar-refractivity contribution in [3.63, 3.8) is 0 Å². The van der Waals surface area contributed by atoms with Gasteiger partial charge < -0.3 is 5.32 Å². The van der Waals surface area contributed by atoms with Gasteiger partial charge in [0.1, 0.15) is 0 Å². The lowest BCUT2D eigenvalue weighted by Crippen LogP contribution is -2.19. The number of nitrogens with zero attached hydrogens (tertiary/aromatic N) is 1. The predicted molar refractivity (Wildman–Crippen MR) is 76.1 cm³/mol. The molecule has 0 spiro atoms. The highest BCUT2D eigenvalue weighted by Gasteiger charge is 2.15. The van der Waals surface area contributed by atoms with Crippen molar-refractivity contribution in [1.82, 2.24) is 10.3 Å². The van der Waals surface area contributed by atoms with Crippen LogP contribution in [0.5, 0.6) is 0 Å². The molecular weight excluding hydrogens is 244 g/mol. The van der Waals surface area contributed by atoms with Crippen LogP contribution in [0.3, 0.4) is 0 Å². The van der Waals surface area contributed by atoms with E-state index in [9.17, 15) is 0 Å². The Morgan fingerprint density at radius 3 is 2.61 bits per heavy atom. The summed E-state index contributed by atoms with van der Waals surface area (Å²) in [5.74, 6) is 0. The molecule has 0 aliphatic carbocycles. The Labute approximate surface area is 113 Å². The van der Waals surface area contributed by atoms with E-state index >= 15 is 0 Å². The molecule has 1 heterocycles. The second-order valence-electron chi connectivity index (χ2n) is 4.52. The van der Waals surface area contributed by atoms with E-state index in [0.29, 0.717) is 0 Å². The summed E-state index contributed by atoms with van der Waals surface area (Å²) in [6.45, 7) is 4.15. The molecule has 2 aromatic rings. The fourth-order valence-corrected chi connectivity index (χ4v) is 2.51. The van der Waals surface area contributed by atoms with Crippen molar-refractivity contribution in [2.45, 2.75) is 19.9 Å². The summed E-state index contributed by atoms with van der Waals surface area (Å²) < 4.78 is 0. The van der Waals surface area contributed by atoms with E-state index in [2.05, 4.69) is 30.2 Å². The van der Waals surface area contributed by atoms with Crippen LogP contribution in [-0.4, -0.2) is 12.0 Å². The van der Waals surface area contributed by atoms with Crippen molar-refractivity contribution >= 4 is 11.6 Å². The maximum atomic E-state index is 6.14. The number of benzene rings is 1. The Balaban J connectivity index is 2.48. The van der Waals surface area contributed by atoms with Crippen LogP contribution in [0.15, 0.2) is 36.7 Å². The first-order valence-electron chi connectivity index (χ1n) is 5.96. The zero-order valence-corrected chi connectivity index (χ0v) is 11.6. The van der Waals surface area contributed by atoms with Crippen LogP contribution in [0, 0.1) is 13.8 Å². The fourth-order valence-electron chi connectivity index (χ4n) is 2.21. The average Bonchev–Trinajstić information content (AvgIpc) is 2.31. The lowest BCUT2D eigenvalue weighted by atomic mass is 9.96. The molecule has 0 aliphatic rings. The second kappa shape index (κ2) is 5.51. The Hall–Kier alpha value is -1.38. The summed E-state index contributed by atoms with van der Waals surface area (Å²) >= 11 is 6.14. The van der Waals surface area contributed by atoms with Crippen LogP contribution in [0.4, 0.5) is 0 Å². The zero-order valence-electron chi connectivity index (χ0n) is 10.9. The molecule has 0 radical (unpaired) electrons. The number of hydrogen-bond donors (Lipinski definition) is 1. The summed E-state index contributed by atoms with van der Waals surface area (Å²) in [5.41, 5.74) is 4.74. The first-order chi connectivity index (χ1) is 8.61. The maximum Gasteiger partial charge on any atom is 0.0592 e. The third kappa shape index (κ3) is 2.71. The second-order valence-corrected chi connectivity index (χ2v) is 4.95. The number of aromatic nitrogens is 1. The van der Waals surface area contributed by atoms with E-state index in [-0.39, 0.29) is 6.04 Å². The smallest absolute Gasteiger partial charge is 0.0592 e. The van der Waals surface area contributed by atoms with Gasteiger partial charge in [-0.3, -0.25) is 4.98 Å². The molecule has 0 fully saturated rings. The molecular formula is C15H17ClN2. The molecule has 94 valence electrons. The highest BCUT2D eigenvalue weighted by atomic mass is 35.5. The van der Waals surface area contributed by atoms with E-state index in [0.717, 1.165) is 5.02 Å². The molecule has 1 atom stereocenters. The minimum absolute atomic E-state index is 0.121. The Morgan fingerprint density at radius 2 is 2.00 bits per heavy atom. The van der Waals surface area contributed by atoms with Crippen molar-refractivity contribution < 1.29 is 0 Å². The van der Waals surface area contributed by atoms with Crippen LogP contribution < -0.4 is 5.32 Å². The quantitative estimate of drug-likeness (QED) is 0.911. The van der Waals surface area contributed by atoms with Crippen molar-refractivity contribution in [2.24, 2.45) is 0 Å². The Morgan fingerprint density at radius 1 is 1.22 bits per heavy atom. The predicted octanol–water partition coefficient (Wildman–Crippen LogP) is 3.66. The average molecular weight is 261 g/mol. The van der Waals surface area contributed by atoms with Gasteiger partial charge in [0.25, 0.3) is 0 Å². The molecule has 2 rings (SSSR count). The molecule has 0 amide bonds. The van der Waals surface area contributed by atoms with Gasteiger partial charge in [-0.1, -0.05) is 17.7 Å². The van der Waals surface area contributed by atoms with Crippen LogP contribution >= 0.6 is 11.6 Å². The lowest BCUT2D eigenvalue weighted by molar-refractivity contribution is 0.684. The molecule has 1 unspecified atom stereocenters. The van der Waals surface area contributed by atoms with Gasteiger partial charge in [-0.05, 0) is 61.3 Å². The van der Waals surface area contributed by atoms with E-state index in [1.165, 1.54) is 22.3 Å². The summed E-state index contributed by atoms with van der Waals surface area (Å²) in [5, 5.41) is 4.10. The number of rotatable bonds is 3. The SMILES string of the molecule is CNC(c1cc(C)cc(Cl)c1)c1cnccc1C. The van der Waals surface area contributed by atoms with E-state index in [1.807, 2.05) is 37.6 Å². The third-order valence-electron chi connectivity index (χ3n) is 3.08. The standard InChI is InChI=1S/C15H17ClN2/c1-10-6-12(8-13(16)7-10)15(17-3)14-9-18-5-4-11(14)2/h4-9,15,17H,1-3H3. The van der Waals surface area contributed by atoms with Crippen molar-refractivity contribution in [3.05, 3.63) is 63.9 Å². The highest BCUT2D eigenvalue weighted by Crippen LogP contribution is 2.26. The topological polar surface area (TPSA) is 24.9 Å². The number of halogens is 1. The van der Waals surface area contributed by atoms with Crippen LogP contribution in [0.25, 0.3) is 0 Å². The molecule has 0 aliphatic heterocycles. The van der Waals surface area contributed by atoms with Gasteiger partial charge in [0.2, 0.25) is 0 Å². The van der Waals surface area contributed by atoms with E-state index in [1.54, 1.807) is 0 Å². The minimum Gasteiger partial charge on any atom is -0.309 e. The van der Waals surface area contributed by atoms with Gasteiger partial charge in [0.15, 0.2) is 0 Å². The highest BCUT2D eigenvalue weighted by molar-refractivity contribution is 6.30. The lowest BCUT2D eigenvalue weighted by Gasteiger charge is -2.19. The summed E-state index contributed by atoms with van der Waals surface area (Å²) in [6, 6.07) is 8.27. The van der Waals surface area contributed by atoms with E-state index in [4.69, 9.17) is 11.6 Å².